The van der Waals surface area contributed by atoms with Crippen molar-refractivity contribution in [2.75, 3.05) is 11.2 Å². The van der Waals surface area contributed by atoms with Gasteiger partial charge >= 0.3 is 0 Å². The Balaban J connectivity index is 2.23. The Morgan fingerprint density at radius 3 is 2.17 bits per heavy atom. The second-order valence-corrected chi connectivity index (χ2v) is 5.82. The number of nitrogens with one attached hydrogen (secondary N) is 1. The zero-order valence-electron chi connectivity index (χ0n) is 10.7. The molecule has 0 aliphatic carbocycles. The maximum Gasteiger partial charge on any atom is 0.0866 e. The second kappa shape index (κ2) is 5.55. The number of hydrogen-bond donors (Lipinski definition) is 2. The molecule has 5 heteroatoms. The molecule has 100 valence electrons. The Labute approximate surface area is 118 Å². The molecule has 3 N–H and O–H groups in total. The van der Waals surface area contributed by atoms with E-state index in [2.05, 4.69) is 24.3 Å². The molecular weight excluding hydrogens is 269 g/mol. The van der Waals surface area contributed by atoms with Crippen molar-refractivity contribution in [2.45, 2.75) is 45.2 Å². The van der Waals surface area contributed by atoms with Crippen LogP contribution in [0.3, 0.4) is 0 Å². The predicted molar refractivity (Wildman–Crippen MR) is 79.1 cm³/mol. The number of anilines is 2. The first-order valence-electron chi connectivity index (χ1n) is 6.28. The summed E-state index contributed by atoms with van der Waals surface area (Å²) < 4.78 is 0. The van der Waals surface area contributed by atoms with Gasteiger partial charge in [0.05, 0.1) is 15.7 Å². The van der Waals surface area contributed by atoms with E-state index in [9.17, 15) is 0 Å². The van der Waals surface area contributed by atoms with Crippen LogP contribution in [0, 0.1) is 0 Å². The van der Waals surface area contributed by atoms with E-state index in [1.807, 2.05) is 0 Å². The molecule has 2 unspecified atom stereocenters. The van der Waals surface area contributed by atoms with Crippen LogP contribution < -0.4 is 11.2 Å². The van der Waals surface area contributed by atoms with Crippen LogP contribution in [0.15, 0.2) is 12.1 Å². The summed E-state index contributed by atoms with van der Waals surface area (Å²) in [5.41, 5.74) is 10.4. The third kappa shape index (κ3) is 2.85. The Morgan fingerprint density at radius 1 is 1.17 bits per heavy atom. The Hall–Kier alpha value is -0.640. The third-order valence-corrected chi connectivity index (χ3v) is 4.10. The number of piperidine rings is 1. The summed E-state index contributed by atoms with van der Waals surface area (Å²) in [6.45, 7) is 4.42. The van der Waals surface area contributed by atoms with Crippen molar-refractivity contribution in [3.05, 3.63) is 22.2 Å². The molecule has 0 radical (unpaired) electrons. The summed E-state index contributed by atoms with van der Waals surface area (Å²) >= 11 is 12.4. The molecule has 0 amide bonds. The van der Waals surface area contributed by atoms with E-state index in [-0.39, 0.29) is 0 Å². The lowest BCUT2D eigenvalue weighted by Crippen LogP contribution is -2.47. The number of rotatable bonds is 2. The van der Waals surface area contributed by atoms with E-state index in [0.717, 1.165) is 5.69 Å². The van der Waals surface area contributed by atoms with Crippen molar-refractivity contribution in [3.8, 4) is 0 Å². The first kappa shape index (κ1) is 13.8. The number of halogens is 2. The summed E-state index contributed by atoms with van der Waals surface area (Å²) in [5.74, 6) is 0. The van der Waals surface area contributed by atoms with Gasteiger partial charge in [0, 0.05) is 17.8 Å². The quantitative estimate of drug-likeness (QED) is 0.803. The first-order chi connectivity index (χ1) is 8.49. The highest BCUT2D eigenvalue weighted by atomic mass is 35.5. The second-order valence-electron chi connectivity index (χ2n) is 5.01. The first-order valence-corrected chi connectivity index (χ1v) is 7.04. The minimum atomic E-state index is 0.471. The zero-order chi connectivity index (χ0) is 13.3. The molecule has 1 saturated heterocycles. The van der Waals surface area contributed by atoms with E-state index >= 15 is 0 Å². The molecule has 0 spiro atoms. The van der Waals surface area contributed by atoms with Crippen LogP contribution in [0.4, 0.5) is 11.4 Å². The Kier molecular flexibility index (Phi) is 4.25. The minimum Gasteiger partial charge on any atom is -0.399 e. The summed E-state index contributed by atoms with van der Waals surface area (Å²) in [5, 5.41) is 3.35. The lowest BCUT2D eigenvalue weighted by Gasteiger charge is -2.39. The van der Waals surface area contributed by atoms with Gasteiger partial charge < -0.3 is 11.2 Å². The van der Waals surface area contributed by atoms with Gasteiger partial charge in [0.2, 0.25) is 0 Å². The average Bonchev–Trinajstić information content (AvgIpc) is 2.26. The number of nitrogen functional groups attached to an aromatic ring is 1. The standard InChI is InChI=1S/C13H19Cl2N3/c1-8-4-3-5-9(2)18(8)17-13-11(14)6-10(16)7-12(13)15/h6-9,17H,3-5,16H2,1-2H3. The van der Waals surface area contributed by atoms with Gasteiger partial charge in [-0.05, 0) is 38.8 Å². The zero-order valence-corrected chi connectivity index (χ0v) is 12.2. The Bertz CT molecular complexity index is 403. The van der Waals surface area contributed by atoms with Crippen molar-refractivity contribution >= 4 is 34.6 Å². The lowest BCUT2D eigenvalue weighted by atomic mass is 10.00. The summed E-state index contributed by atoms with van der Waals surface area (Å²) in [7, 11) is 0. The van der Waals surface area contributed by atoms with Crippen molar-refractivity contribution < 1.29 is 0 Å². The molecular formula is C13H19Cl2N3. The van der Waals surface area contributed by atoms with Crippen LogP contribution in [0.5, 0.6) is 0 Å². The molecule has 1 aliphatic rings. The van der Waals surface area contributed by atoms with Crippen LogP contribution in [0.25, 0.3) is 0 Å². The smallest absolute Gasteiger partial charge is 0.0866 e. The molecule has 2 atom stereocenters. The van der Waals surface area contributed by atoms with Gasteiger partial charge in [0.1, 0.15) is 0 Å². The highest BCUT2D eigenvalue weighted by molar-refractivity contribution is 6.39. The molecule has 1 aromatic carbocycles. The van der Waals surface area contributed by atoms with E-state index in [1.165, 1.54) is 19.3 Å². The van der Waals surface area contributed by atoms with Gasteiger partial charge in [-0.25, -0.2) is 5.01 Å². The molecule has 1 aliphatic heterocycles. The molecule has 1 heterocycles. The number of nitrogens with zero attached hydrogens (tertiary/aromatic N) is 1. The molecule has 0 aromatic heterocycles. The molecule has 0 bridgehead atoms. The maximum absolute atomic E-state index is 6.20. The number of nitrogens with two attached hydrogens (primary N) is 1. The third-order valence-electron chi connectivity index (χ3n) is 3.50. The topological polar surface area (TPSA) is 41.3 Å². The van der Waals surface area contributed by atoms with Crippen LogP contribution >= 0.6 is 23.2 Å². The summed E-state index contributed by atoms with van der Waals surface area (Å²) in [6, 6.07) is 4.38. The van der Waals surface area contributed by atoms with E-state index < -0.39 is 0 Å². The molecule has 3 nitrogen and oxygen atoms in total. The van der Waals surface area contributed by atoms with Gasteiger partial charge in [0.25, 0.3) is 0 Å². The summed E-state index contributed by atoms with van der Waals surface area (Å²) in [4.78, 5) is 0. The average molecular weight is 288 g/mol. The molecule has 1 aromatic rings. The van der Waals surface area contributed by atoms with Gasteiger partial charge in [-0.1, -0.05) is 29.6 Å². The van der Waals surface area contributed by atoms with Gasteiger partial charge in [-0.3, -0.25) is 0 Å². The highest BCUT2D eigenvalue weighted by Crippen LogP contribution is 2.35. The van der Waals surface area contributed by atoms with Gasteiger partial charge in [0.15, 0.2) is 0 Å². The van der Waals surface area contributed by atoms with Crippen LogP contribution in [-0.2, 0) is 0 Å². The molecule has 0 saturated carbocycles. The fourth-order valence-corrected chi connectivity index (χ4v) is 3.06. The van der Waals surface area contributed by atoms with Crippen molar-refractivity contribution in [3.63, 3.8) is 0 Å². The molecule has 1 fully saturated rings. The maximum atomic E-state index is 6.20. The number of hydrogen-bond acceptors (Lipinski definition) is 3. The highest BCUT2D eigenvalue weighted by Gasteiger charge is 2.25. The Morgan fingerprint density at radius 2 is 1.67 bits per heavy atom. The van der Waals surface area contributed by atoms with Crippen molar-refractivity contribution in [1.29, 1.82) is 0 Å². The van der Waals surface area contributed by atoms with E-state index in [1.54, 1.807) is 12.1 Å². The molecule has 18 heavy (non-hydrogen) atoms. The minimum absolute atomic E-state index is 0.471. The number of hydrazine groups is 1. The lowest BCUT2D eigenvalue weighted by molar-refractivity contribution is 0.136. The summed E-state index contributed by atoms with van der Waals surface area (Å²) in [6.07, 6.45) is 3.63. The molecule has 2 rings (SSSR count). The van der Waals surface area contributed by atoms with Crippen LogP contribution in [0.1, 0.15) is 33.1 Å². The normalized spacial score (nSPS) is 25.1. The van der Waals surface area contributed by atoms with Gasteiger partial charge in [-0.2, -0.15) is 0 Å². The number of benzene rings is 1. The SMILES string of the molecule is CC1CCCC(C)N1Nc1c(Cl)cc(N)cc1Cl. The van der Waals surface area contributed by atoms with Crippen molar-refractivity contribution in [2.24, 2.45) is 0 Å². The largest absolute Gasteiger partial charge is 0.399 e. The van der Waals surface area contributed by atoms with Crippen LogP contribution in [-0.4, -0.2) is 17.1 Å². The fourth-order valence-electron chi connectivity index (χ4n) is 2.47. The fraction of sp³-hybridized carbons (Fsp3) is 0.538. The van der Waals surface area contributed by atoms with E-state index in [0.29, 0.717) is 27.8 Å². The van der Waals surface area contributed by atoms with Gasteiger partial charge in [-0.15, -0.1) is 0 Å². The monoisotopic (exact) mass is 287 g/mol. The van der Waals surface area contributed by atoms with Crippen molar-refractivity contribution in [1.82, 2.24) is 5.01 Å². The van der Waals surface area contributed by atoms with Crippen LogP contribution in [0.2, 0.25) is 10.0 Å². The predicted octanol–water partition coefficient (Wildman–Crippen LogP) is 4.17. The van der Waals surface area contributed by atoms with E-state index in [4.69, 9.17) is 28.9 Å².